The molecule has 1 atom stereocenters. The number of rotatable bonds is 5. The van der Waals surface area contributed by atoms with Crippen LogP contribution in [0.1, 0.15) is 17.2 Å². The summed E-state index contributed by atoms with van der Waals surface area (Å²) in [5, 5.41) is 10.8. The molecule has 0 saturated carbocycles. The number of carbonyl (C=O) groups excluding carboxylic acids is 2. The number of benzene rings is 2. The van der Waals surface area contributed by atoms with Crippen LogP contribution in [0.15, 0.2) is 72.8 Å². The van der Waals surface area contributed by atoms with Gasteiger partial charge in [-0.05, 0) is 17.7 Å². The van der Waals surface area contributed by atoms with E-state index < -0.39 is 17.7 Å². The molecule has 2 aromatic rings. The predicted molar refractivity (Wildman–Crippen MR) is 106 cm³/mol. The Morgan fingerprint density at radius 2 is 1.74 bits per heavy atom. The average Bonchev–Trinajstić information content (AvgIpc) is 2.93. The lowest BCUT2D eigenvalue weighted by molar-refractivity contribution is -0.139. The zero-order valence-corrected chi connectivity index (χ0v) is 15.4. The van der Waals surface area contributed by atoms with Crippen LogP contribution in [-0.4, -0.2) is 42.3 Å². The molecular weight excluding hydrogens is 340 g/mol. The molecule has 27 heavy (non-hydrogen) atoms. The highest BCUT2D eigenvalue weighted by atomic mass is 16.3. The first-order valence-corrected chi connectivity index (χ1v) is 8.67. The van der Waals surface area contributed by atoms with E-state index in [0.29, 0.717) is 5.56 Å². The molecule has 5 nitrogen and oxygen atoms in total. The van der Waals surface area contributed by atoms with Crippen molar-refractivity contribution < 1.29 is 14.7 Å². The second kappa shape index (κ2) is 7.50. The fourth-order valence-electron chi connectivity index (χ4n) is 3.26. The van der Waals surface area contributed by atoms with Crippen LogP contribution in [0.2, 0.25) is 0 Å². The minimum absolute atomic E-state index is 0.102. The number of hydrogen-bond acceptors (Lipinski definition) is 4. The minimum Gasteiger partial charge on any atom is -0.507 e. The van der Waals surface area contributed by atoms with Crippen LogP contribution in [0.4, 0.5) is 5.69 Å². The van der Waals surface area contributed by atoms with Crippen LogP contribution in [0.5, 0.6) is 0 Å². The molecule has 5 heteroatoms. The van der Waals surface area contributed by atoms with Gasteiger partial charge >= 0.3 is 0 Å². The third-order valence-corrected chi connectivity index (χ3v) is 4.64. The molecule has 0 radical (unpaired) electrons. The topological polar surface area (TPSA) is 60.9 Å². The number of anilines is 1. The number of likely N-dealkylation sites (tertiary alicyclic amines) is 1. The van der Waals surface area contributed by atoms with E-state index >= 15 is 0 Å². The fraction of sp³-hybridized carbons (Fsp3) is 0.182. The van der Waals surface area contributed by atoms with Gasteiger partial charge in [0.15, 0.2) is 0 Å². The standard InChI is InChI=1S/C22H22N2O3/c1-4-14-24-19(15-10-12-17(13-11-15)23(2)3)18(21(26)22(24)27)20(25)16-8-6-5-7-9-16/h4-13,19,25H,1,14H2,2-3H3/b20-18-. The Morgan fingerprint density at radius 3 is 2.30 bits per heavy atom. The van der Waals surface area contributed by atoms with Crippen molar-refractivity contribution in [3.63, 3.8) is 0 Å². The van der Waals surface area contributed by atoms with Gasteiger partial charge in [0.25, 0.3) is 11.7 Å². The Balaban J connectivity index is 2.16. The van der Waals surface area contributed by atoms with Gasteiger partial charge in [-0.3, -0.25) is 9.59 Å². The van der Waals surface area contributed by atoms with Crippen molar-refractivity contribution in [1.29, 1.82) is 0 Å². The Bertz CT molecular complexity index is 899. The van der Waals surface area contributed by atoms with Gasteiger partial charge in [-0.2, -0.15) is 0 Å². The highest BCUT2D eigenvalue weighted by molar-refractivity contribution is 6.46. The summed E-state index contributed by atoms with van der Waals surface area (Å²) < 4.78 is 0. The largest absolute Gasteiger partial charge is 0.507 e. The van der Waals surface area contributed by atoms with E-state index in [0.717, 1.165) is 11.3 Å². The molecular formula is C22H22N2O3. The summed E-state index contributed by atoms with van der Waals surface area (Å²) in [6.07, 6.45) is 1.58. The highest BCUT2D eigenvalue weighted by Gasteiger charge is 2.45. The molecule has 0 bridgehead atoms. The first kappa shape index (κ1) is 18.5. The number of amides is 1. The lowest BCUT2D eigenvalue weighted by Crippen LogP contribution is -2.29. The molecule has 1 saturated heterocycles. The van der Waals surface area contributed by atoms with E-state index in [-0.39, 0.29) is 17.9 Å². The molecule has 1 fully saturated rings. The lowest BCUT2D eigenvalue weighted by atomic mass is 9.95. The van der Waals surface area contributed by atoms with Gasteiger partial charge in [0, 0.05) is 31.9 Å². The molecule has 0 aromatic heterocycles. The maximum absolute atomic E-state index is 12.7. The molecule has 1 aliphatic rings. The van der Waals surface area contributed by atoms with Gasteiger partial charge < -0.3 is 14.9 Å². The van der Waals surface area contributed by atoms with E-state index in [1.54, 1.807) is 30.3 Å². The van der Waals surface area contributed by atoms with Crippen molar-refractivity contribution >= 4 is 23.1 Å². The third-order valence-electron chi connectivity index (χ3n) is 4.64. The van der Waals surface area contributed by atoms with Crippen molar-refractivity contribution in [1.82, 2.24) is 4.90 Å². The number of hydrogen-bond donors (Lipinski definition) is 1. The SMILES string of the molecule is C=CCN1C(=O)C(=O)/C(=C(\O)c2ccccc2)C1c1ccc(N(C)C)cc1. The Labute approximate surface area is 158 Å². The normalized spacial score (nSPS) is 18.6. The number of ketones is 1. The average molecular weight is 362 g/mol. The van der Waals surface area contributed by atoms with Gasteiger partial charge in [-0.15, -0.1) is 6.58 Å². The summed E-state index contributed by atoms with van der Waals surface area (Å²) in [5.74, 6) is -1.48. The van der Waals surface area contributed by atoms with Gasteiger partial charge in [0.1, 0.15) is 5.76 Å². The van der Waals surface area contributed by atoms with Gasteiger partial charge in [-0.25, -0.2) is 0 Å². The zero-order chi connectivity index (χ0) is 19.6. The van der Waals surface area contributed by atoms with E-state index in [2.05, 4.69) is 6.58 Å². The van der Waals surface area contributed by atoms with Gasteiger partial charge in [0.2, 0.25) is 0 Å². The molecule has 0 aliphatic carbocycles. The second-order valence-corrected chi connectivity index (χ2v) is 6.59. The van der Waals surface area contributed by atoms with E-state index in [4.69, 9.17) is 0 Å². The van der Waals surface area contributed by atoms with Crippen molar-refractivity contribution in [2.45, 2.75) is 6.04 Å². The van der Waals surface area contributed by atoms with Crippen molar-refractivity contribution in [3.05, 3.63) is 84.0 Å². The number of nitrogens with zero attached hydrogens (tertiary/aromatic N) is 2. The van der Waals surface area contributed by atoms with Crippen LogP contribution in [0.3, 0.4) is 0 Å². The van der Waals surface area contributed by atoms with Gasteiger partial charge in [-0.1, -0.05) is 48.5 Å². The van der Waals surface area contributed by atoms with E-state index in [1.165, 1.54) is 4.90 Å². The summed E-state index contributed by atoms with van der Waals surface area (Å²) in [6.45, 7) is 3.91. The van der Waals surface area contributed by atoms with Gasteiger partial charge in [0.05, 0.1) is 11.6 Å². The summed E-state index contributed by atoms with van der Waals surface area (Å²) >= 11 is 0. The summed E-state index contributed by atoms with van der Waals surface area (Å²) in [4.78, 5) is 28.7. The van der Waals surface area contributed by atoms with Crippen molar-refractivity contribution in [2.75, 3.05) is 25.5 Å². The monoisotopic (exact) mass is 362 g/mol. The fourth-order valence-corrected chi connectivity index (χ4v) is 3.26. The molecule has 2 aromatic carbocycles. The highest BCUT2D eigenvalue weighted by Crippen LogP contribution is 2.39. The molecule has 1 N–H and O–H groups in total. The molecule has 138 valence electrons. The van der Waals surface area contributed by atoms with Crippen molar-refractivity contribution in [3.8, 4) is 0 Å². The maximum Gasteiger partial charge on any atom is 0.295 e. The molecule has 1 unspecified atom stereocenters. The van der Waals surface area contributed by atoms with E-state index in [1.807, 2.05) is 49.3 Å². The number of aliphatic hydroxyl groups excluding tert-OH is 1. The second-order valence-electron chi connectivity index (χ2n) is 6.59. The minimum atomic E-state index is -0.681. The first-order valence-electron chi connectivity index (χ1n) is 8.67. The number of Topliss-reactive ketones (excluding diaryl/α,β-unsaturated/α-hetero) is 1. The van der Waals surface area contributed by atoms with Crippen LogP contribution < -0.4 is 4.90 Å². The number of carbonyl (C=O) groups is 2. The smallest absolute Gasteiger partial charge is 0.295 e. The molecule has 1 aliphatic heterocycles. The molecule has 0 spiro atoms. The predicted octanol–water partition coefficient (Wildman–Crippen LogP) is 3.36. The van der Waals surface area contributed by atoms with Crippen molar-refractivity contribution in [2.24, 2.45) is 0 Å². The summed E-state index contributed by atoms with van der Waals surface area (Å²) in [6, 6.07) is 15.7. The zero-order valence-electron chi connectivity index (χ0n) is 15.4. The third kappa shape index (κ3) is 3.36. The first-order chi connectivity index (χ1) is 13.0. The maximum atomic E-state index is 12.7. The van der Waals surface area contributed by atoms with Crippen LogP contribution in [0.25, 0.3) is 5.76 Å². The van der Waals surface area contributed by atoms with Crippen LogP contribution >= 0.6 is 0 Å². The lowest BCUT2D eigenvalue weighted by Gasteiger charge is -2.24. The molecule has 1 heterocycles. The Morgan fingerprint density at radius 1 is 1.11 bits per heavy atom. The molecule has 1 amide bonds. The Hall–Kier alpha value is -3.34. The van der Waals surface area contributed by atoms with E-state index in [9.17, 15) is 14.7 Å². The summed E-state index contributed by atoms with van der Waals surface area (Å²) in [7, 11) is 3.88. The quantitative estimate of drug-likeness (QED) is 0.383. The summed E-state index contributed by atoms with van der Waals surface area (Å²) in [5.41, 5.74) is 2.37. The Kier molecular flexibility index (Phi) is 5.12. The van der Waals surface area contributed by atoms with Crippen LogP contribution in [0, 0.1) is 0 Å². The van der Waals surface area contributed by atoms with Crippen LogP contribution in [-0.2, 0) is 9.59 Å². The number of aliphatic hydroxyl groups is 1. The molecule has 3 rings (SSSR count).